The van der Waals surface area contributed by atoms with Crippen molar-refractivity contribution in [3.63, 3.8) is 0 Å². The molecule has 6 nitrogen and oxygen atoms in total. The number of benzene rings is 4. The van der Waals surface area contributed by atoms with Crippen LogP contribution in [-0.4, -0.2) is 27.2 Å². The monoisotopic (exact) mass is 580 g/mol. The summed E-state index contributed by atoms with van der Waals surface area (Å²) >= 11 is 0. The van der Waals surface area contributed by atoms with Crippen molar-refractivity contribution in [2.24, 2.45) is 0 Å². The number of hydrogen-bond acceptors (Lipinski definition) is 4. The van der Waals surface area contributed by atoms with E-state index in [0.29, 0.717) is 5.65 Å². The van der Waals surface area contributed by atoms with Gasteiger partial charge in [-0.2, -0.15) is 5.10 Å². The molecule has 3 heterocycles. The molecule has 7 rings (SSSR count). The molecule has 0 radical (unpaired) electrons. The molecule has 0 bridgehead atoms. The summed E-state index contributed by atoms with van der Waals surface area (Å²) < 4.78 is 30.9. The average molecular weight is 581 g/mol. The fraction of sp³-hybridized carbons (Fsp3) is 0.0556. The molecule has 210 valence electrons. The maximum Gasteiger partial charge on any atom is 0.269 e. The Balaban J connectivity index is 1.49. The maximum absolute atomic E-state index is 13.8. The van der Waals surface area contributed by atoms with Gasteiger partial charge in [0, 0.05) is 35.1 Å². The minimum atomic E-state index is -3.89. The van der Waals surface area contributed by atoms with Crippen molar-refractivity contribution < 1.29 is 8.42 Å². The van der Waals surface area contributed by atoms with Crippen molar-refractivity contribution in [3.05, 3.63) is 174 Å². The zero-order valence-corrected chi connectivity index (χ0v) is 24.3. The van der Waals surface area contributed by atoms with Crippen molar-refractivity contribution in [1.29, 1.82) is 0 Å². The largest absolute Gasteiger partial charge is 0.269 e. The van der Waals surface area contributed by atoms with E-state index in [0.717, 1.165) is 38.8 Å². The molecule has 0 saturated carbocycles. The lowest BCUT2D eigenvalue weighted by molar-refractivity contribution is 0.460. The third kappa shape index (κ3) is 4.37. The summed E-state index contributed by atoms with van der Waals surface area (Å²) in [5, 5.41) is 5.73. The first-order valence-corrected chi connectivity index (χ1v) is 15.4. The lowest BCUT2D eigenvalue weighted by atomic mass is 9.77. The Kier molecular flexibility index (Phi) is 6.52. The molecule has 0 atom stereocenters. The molecule has 0 aliphatic carbocycles. The van der Waals surface area contributed by atoms with E-state index in [9.17, 15) is 8.42 Å². The van der Waals surface area contributed by atoms with E-state index >= 15 is 0 Å². The summed E-state index contributed by atoms with van der Waals surface area (Å²) in [5.41, 5.74) is 5.19. The van der Waals surface area contributed by atoms with Crippen molar-refractivity contribution in [1.82, 2.24) is 18.7 Å². The summed E-state index contributed by atoms with van der Waals surface area (Å²) in [6, 6.07) is 41.4. The van der Waals surface area contributed by atoms with Gasteiger partial charge in [0.1, 0.15) is 5.54 Å². The van der Waals surface area contributed by atoms with Gasteiger partial charge >= 0.3 is 0 Å². The fourth-order valence-corrected chi connectivity index (χ4v) is 7.23. The Bertz CT molecular complexity index is 2040. The maximum atomic E-state index is 13.8. The van der Waals surface area contributed by atoms with Crippen LogP contribution in [0.5, 0.6) is 0 Å². The van der Waals surface area contributed by atoms with Crippen LogP contribution in [0.25, 0.3) is 22.2 Å². The molecule has 43 heavy (non-hydrogen) atoms. The van der Waals surface area contributed by atoms with E-state index in [1.54, 1.807) is 48.9 Å². The molecule has 3 aromatic heterocycles. The van der Waals surface area contributed by atoms with Gasteiger partial charge in [-0.15, -0.1) is 0 Å². The molecule has 4 aromatic carbocycles. The predicted molar refractivity (Wildman–Crippen MR) is 169 cm³/mol. The first-order valence-electron chi connectivity index (χ1n) is 14.0. The summed E-state index contributed by atoms with van der Waals surface area (Å²) in [4.78, 5) is 4.78. The van der Waals surface area contributed by atoms with Crippen molar-refractivity contribution in [3.8, 4) is 11.1 Å². The van der Waals surface area contributed by atoms with Gasteiger partial charge in [-0.3, -0.25) is 4.68 Å². The van der Waals surface area contributed by atoms with Crippen LogP contribution in [0.15, 0.2) is 157 Å². The molecule has 0 spiro atoms. The topological polar surface area (TPSA) is 69.8 Å². The van der Waals surface area contributed by atoms with Crippen molar-refractivity contribution in [2.75, 3.05) is 0 Å². The minimum absolute atomic E-state index is 0.202. The standard InChI is InChI=1S/C36H28N4O2S/c1-27-22-33-34(26-39(35(33)37-23-27)43(41,42)32-20-12-5-13-21-32)28-24-38-40(25-28)36(29-14-6-2-7-15-29,30-16-8-3-9-17-30)31-18-10-4-11-19-31/h2-26H,1H3. The molecule has 0 N–H and O–H groups in total. The average Bonchev–Trinajstić information content (AvgIpc) is 3.69. The molecule has 0 fully saturated rings. The van der Waals surface area contributed by atoms with Gasteiger partial charge in [0.25, 0.3) is 10.0 Å². The molecular formula is C36H28N4O2S. The van der Waals surface area contributed by atoms with Crippen LogP contribution in [0, 0.1) is 6.92 Å². The zero-order chi connectivity index (χ0) is 29.4. The van der Waals surface area contributed by atoms with E-state index in [2.05, 4.69) is 41.4 Å². The smallest absolute Gasteiger partial charge is 0.252 e. The van der Waals surface area contributed by atoms with E-state index < -0.39 is 15.6 Å². The number of aryl methyl sites for hydroxylation is 1. The molecular weight excluding hydrogens is 552 g/mol. The van der Waals surface area contributed by atoms with Gasteiger partial charge in [-0.05, 0) is 47.4 Å². The number of aromatic nitrogens is 4. The number of rotatable bonds is 7. The highest BCUT2D eigenvalue weighted by Crippen LogP contribution is 2.42. The van der Waals surface area contributed by atoms with Crippen LogP contribution >= 0.6 is 0 Å². The van der Waals surface area contributed by atoms with Crippen molar-refractivity contribution >= 4 is 21.1 Å². The second-order valence-corrected chi connectivity index (χ2v) is 12.3. The Hall–Kier alpha value is -5.27. The highest BCUT2D eigenvalue weighted by Gasteiger charge is 2.39. The summed E-state index contributed by atoms with van der Waals surface area (Å²) in [7, 11) is -3.89. The molecule has 7 heteroatoms. The number of fused-ring (bicyclic) bond motifs is 1. The van der Waals surface area contributed by atoms with E-state index in [1.807, 2.05) is 78.5 Å². The molecule has 0 aliphatic heterocycles. The number of hydrogen-bond donors (Lipinski definition) is 0. The van der Waals surface area contributed by atoms with Gasteiger partial charge in [-0.25, -0.2) is 17.4 Å². The predicted octanol–water partition coefficient (Wildman–Crippen LogP) is 7.29. The van der Waals surface area contributed by atoms with Crippen molar-refractivity contribution in [2.45, 2.75) is 17.4 Å². The van der Waals surface area contributed by atoms with Crippen LogP contribution in [-0.2, 0) is 15.6 Å². The van der Waals surface area contributed by atoms with E-state index in [1.165, 1.54) is 3.97 Å². The molecule has 7 aromatic rings. The van der Waals surface area contributed by atoms with Crippen LogP contribution in [0.2, 0.25) is 0 Å². The number of pyridine rings is 1. The van der Waals surface area contributed by atoms with Gasteiger partial charge in [-0.1, -0.05) is 109 Å². The first kappa shape index (κ1) is 26.6. The Morgan fingerprint density at radius 1 is 0.651 bits per heavy atom. The van der Waals surface area contributed by atoms with Crippen LogP contribution in [0.3, 0.4) is 0 Å². The Morgan fingerprint density at radius 2 is 1.16 bits per heavy atom. The second kappa shape index (κ2) is 10.5. The van der Waals surface area contributed by atoms with Gasteiger partial charge < -0.3 is 0 Å². The van der Waals surface area contributed by atoms with E-state index in [-0.39, 0.29) is 4.90 Å². The highest BCUT2D eigenvalue weighted by molar-refractivity contribution is 7.90. The van der Waals surface area contributed by atoms with Crippen LogP contribution in [0.4, 0.5) is 0 Å². The van der Waals surface area contributed by atoms with Gasteiger partial charge in [0.15, 0.2) is 5.65 Å². The molecule has 0 amide bonds. The third-order valence-electron chi connectivity index (χ3n) is 7.86. The molecule has 0 saturated heterocycles. The molecule has 0 aliphatic rings. The minimum Gasteiger partial charge on any atom is -0.252 e. The lowest BCUT2D eigenvalue weighted by Gasteiger charge is -2.36. The van der Waals surface area contributed by atoms with Gasteiger partial charge in [0.2, 0.25) is 0 Å². The third-order valence-corrected chi connectivity index (χ3v) is 9.52. The fourth-order valence-electron chi connectivity index (χ4n) is 5.88. The summed E-state index contributed by atoms with van der Waals surface area (Å²) in [6.45, 7) is 1.95. The summed E-state index contributed by atoms with van der Waals surface area (Å²) in [6.07, 6.45) is 7.16. The highest BCUT2D eigenvalue weighted by atomic mass is 32.2. The Morgan fingerprint density at radius 3 is 1.70 bits per heavy atom. The number of nitrogens with zero attached hydrogens (tertiary/aromatic N) is 4. The Labute approximate surface area is 250 Å². The normalized spacial score (nSPS) is 12.0. The van der Waals surface area contributed by atoms with Crippen LogP contribution < -0.4 is 0 Å². The quantitative estimate of drug-likeness (QED) is 0.186. The van der Waals surface area contributed by atoms with Gasteiger partial charge in [0.05, 0.1) is 11.1 Å². The lowest BCUT2D eigenvalue weighted by Crippen LogP contribution is -2.38. The second-order valence-electron chi connectivity index (χ2n) is 10.5. The molecule has 0 unspecified atom stereocenters. The van der Waals surface area contributed by atoms with Crippen LogP contribution in [0.1, 0.15) is 22.3 Å². The van der Waals surface area contributed by atoms with E-state index in [4.69, 9.17) is 5.10 Å². The SMILES string of the molecule is Cc1cnc2c(c1)c(-c1cnn(C(c3ccccc3)(c3ccccc3)c3ccccc3)c1)cn2S(=O)(=O)c1ccccc1. The summed E-state index contributed by atoms with van der Waals surface area (Å²) in [5.74, 6) is 0. The zero-order valence-electron chi connectivity index (χ0n) is 23.4. The first-order chi connectivity index (χ1) is 21.0.